The van der Waals surface area contributed by atoms with Gasteiger partial charge >= 0.3 is 0 Å². The van der Waals surface area contributed by atoms with E-state index in [1.807, 2.05) is 35.4 Å². The van der Waals surface area contributed by atoms with E-state index in [1.54, 1.807) is 12.4 Å². The van der Waals surface area contributed by atoms with Crippen LogP contribution in [0.3, 0.4) is 0 Å². The van der Waals surface area contributed by atoms with E-state index in [-0.39, 0.29) is 11.9 Å². The summed E-state index contributed by atoms with van der Waals surface area (Å²) < 4.78 is 0. The van der Waals surface area contributed by atoms with E-state index in [0.29, 0.717) is 6.54 Å². The molecule has 2 atom stereocenters. The van der Waals surface area contributed by atoms with Crippen LogP contribution in [0.1, 0.15) is 47.4 Å². The largest absolute Gasteiger partial charge is 0.387 e. The summed E-state index contributed by atoms with van der Waals surface area (Å²) in [6.45, 7) is 4.27. The molecule has 2 aromatic heterocycles. The Morgan fingerprint density at radius 1 is 1.28 bits per heavy atom. The number of rotatable bonds is 7. The van der Waals surface area contributed by atoms with Gasteiger partial charge in [-0.15, -0.1) is 0 Å². The smallest absolute Gasteiger partial charge is 0.255 e. The second-order valence-electron chi connectivity index (χ2n) is 7.86. The fourth-order valence-corrected chi connectivity index (χ4v) is 4.06. The van der Waals surface area contributed by atoms with Crippen molar-refractivity contribution < 1.29 is 9.90 Å². The van der Waals surface area contributed by atoms with Crippen LogP contribution in [0, 0.1) is 0 Å². The van der Waals surface area contributed by atoms with Crippen LogP contribution >= 0.6 is 0 Å². The van der Waals surface area contributed by atoms with Gasteiger partial charge in [-0.3, -0.25) is 9.78 Å². The van der Waals surface area contributed by atoms with Crippen molar-refractivity contribution in [3.05, 3.63) is 65.6 Å². The number of amides is 1. The van der Waals surface area contributed by atoms with Gasteiger partial charge in [0, 0.05) is 55.2 Å². The van der Waals surface area contributed by atoms with Crippen LogP contribution in [-0.4, -0.2) is 51.6 Å². The fourth-order valence-electron chi connectivity index (χ4n) is 4.06. The molecule has 3 heterocycles. The number of aliphatic hydroxyl groups excluding tert-OH is 1. The summed E-state index contributed by atoms with van der Waals surface area (Å²) >= 11 is 0. The molecule has 152 valence electrons. The molecular formula is C23H28N4O2. The van der Waals surface area contributed by atoms with Crippen LogP contribution in [0.4, 0.5) is 0 Å². The van der Waals surface area contributed by atoms with E-state index < -0.39 is 6.10 Å². The van der Waals surface area contributed by atoms with Gasteiger partial charge in [0.1, 0.15) is 0 Å². The molecule has 1 aromatic carbocycles. The number of para-hydroxylation sites is 1. The monoisotopic (exact) mass is 392 g/mol. The third-order valence-electron chi connectivity index (χ3n) is 5.68. The molecule has 0 spiro atoms. The summed E-state index contributed by atoms with van der Waals surface area (Å²) in [6.07, 6.45) is 7.79. The molecule has 1 aliphatic heterocycles. The number of aromatic nitrogens is 2. The molecule has 4 rings (SSSR count). The first-order valence-electron chi connectivity index (χ1n) is 10.3. The highest BCUT2D eigenvalue weighted by Gasteiger charge is 2.22. The number of aliphatic hydroxyl groups is 1. The van der Waals surface area contributed by atoms with Gasteiger partial charge in [0.2, 0.25) is 0 Å². The molecule has 0 saturated carbocycles. The van der Waals surface area contributed by atoms with Crippen molar-refractivity contribution in [2.75, 3.05) is 19.6 Å². The van der Waals surface area contributed by atoms with Crippen molar-refractivity contribution in [1.82, 2.24) is 20.2 Å². The molecule has 1 amide bonds. The lowest BCUT2D eigenvalue weighted by Crippen LogP contribution is -2.32. The zero-order valence-corrected chi connectivity index (χ0v) is 16.8. The number of hydrogen-bond acceptors (Lipinski definition) is 4. The third-order valence-corrected chi connectivity index (χ3v) is 5.68. The van der Waals surface area contributed by atoms with Gasteiger partial charge in [0.15, 0.2) is 0 Å². The Bertz CT molecular complexity index is 963. The first-order chi connectivity index (χ1) is 14.1. The molecule has 0 bridgehead atoms. The highest BCUT2D eigenvalue weighted by atomic mass is 16.3. The fraction of sp³-hybridized carbons (Fsp3) is 0.391. The minimum absolute atomic E-state index is 0.118. The third kappa shape index (κ3) is 4.33. The Hall–Kier alpha value is -2.70. The van der Waals surface area contributed by atoms with Crippen LogP contribution in [0.25, 0.3) is 10.9 Å². The van der Waals surface area contributed by atoms with E-state index in [9.17, 15) is 9.90 Å². The molecule has 1 saturated heterocycles. The zero-order chi connectivity index (χ0) is 20.2. The Kier molecular flexibility index (Phi) is 5.92. The van der Waals surface area contributed by atoms with Crippen LogP contribution in [0.5, 0.6) is 0 Å². The van der Waals surface area contributed by atoms with Gasteiger partial charge < -0.3 is 20.3 Å². The van der Waals surface area contributed by atoms with Crippen LogP contribution in [0.2, 0.25) is 0 Å². The number of hydrogen-bond donors (Lipinski definition) is 3. The zero-order valence-electron chi connectivity index (χ0n) is 16.8. The minimum atomic E-state index is -0.584. The van der Waals surface area contributed by atoms with Gasteiger partial charge in [-0.1, -0.05) is 18.2 Å². The van der Waals surface area contributed by atoms with E-state index in [4.69, 9.17) is 0 Å². The van der Waals surface area contributed by atoms with Crippen molar-refractivity contribution in [2.24, 2.45) is 0 Å². The molecule has 6 heteroatoms. The number of pyridine rings is 1. The van der Waals surface area contributed by atoms with E-state index in [1.165, 1.54) is 5.56 Å². The maximum absolute atomic E-state index is 12.9. The number of carbonyl (C=O) groups excluding carboxylic acids is 1. The molecule has 6 nitrogen and oxygen atoms in total. The number of aromatic amines is 1. The van der Waals surface area contributed by atoms with Gasteiger partial charge in [-0.2, -0.15) is 0 Å². The van der Waals surface area contributed by atoms with Gasteiger partial charge in [0.05, 0.1) is 17.2 Å². The topological polar surface area (TPSA) is 81.2 Å². The molecule has 3 aromatic rings. The summed E-state index contributed by atoms with van der Waals surface area (Å²) in [5, 5.41) is 14.8. The second kappa shape index (κ2) is 8.76. The molecule has 0 aliphatic carbocycles. The molecule has 29 heavy (non-hydrogen) atoms. The average Bonchev–Trinajstić information content (AvgIpc) is 3.43. The van der Waals surface area contributed by atoms with E-state index >= 15 is 0 Å². The second-order valence-corrected chi connectivity index (χ2v) is 7.86. The lowest BCUT2D eigenvalue weighted by molar-refractivity contribution is 0.0794. The minimum Gasteiger partial charge on any atom is -0.387 e. The first kappa shape index (κ1) is 19.6. The van der Waals surface area contributed by atoms with Crippen molar-refractivity contribution >= 4 is 16.8 Å². The number of benzene rings is 1. The highest BCUT2D eigenvalue weighted by molar-refractivity contribution is 6.06. The van der Waals surface area contributed by atoms with Crippen LogP contribution in [0.15, 0.2) is 48.9 Å². The first-order valence-corrected chi connectivity index (χ1v) is 10.3. The predicted molar refractivity (Wildman–Crippen MR) is 114 cm³/mol. The Morgan fingerprint density at radius 3 is 2.86 bits per heavy atom. The summed E-state index contributed by atoms with van der Waals surface area (Å²) in [5.74, 6) is 0.118. The maximum atomic E-state index is 12.9. The van der Waals surface area contributed by atoms with Gasteiger partial charge in [-0.05, 0) is 43.9 Å². The van der Waals surface area contributed by atoms with Crippen molar-refractivity contribution in [3.63, 3.8) is 0 Å². The average molecular weight is 393 g/mol. The Morgan fingerprint density at radius 2 is 2.10 bits per heavy atom. The molecule has 3 N–H and O–H groups in total. The SMILES string of the molecule is C[C@H](Cc1c[nH]c2c(C(=O)N3CCCC3)cccc12)NC[C@H](O)c1cccnc1. The Balaban J connectivity index is 1.43. The normalized spacial score (nSPS) is 16.3. The summed E-state index contributed by atoms with van der Waals surface area (Å²) in [5.41, 5.74) is 3.65. The lowest BCUT2D eigenvalue weighted by atomic mass is 10.0. The molecule has 0 radical (unpaired) electrons. The molecule has 0 unspecified atom stereocenters. The van der Waals surface area contributed by atoms with Gasteiger partial charge in [0.25, 0.3) is 5.91 Å². The summed E-state index contributed by atoms with van der Waals surface area (Å²) in [6, 6.07) is 9.83. The predicted octanol–water partition coefficient (Wildman–Crippen LogP) is 3.05. The molecule has 1 aliphatic rings. The quantitative estimate of drug-likeness (QED) is 0.577. The highest BCUT2D eigenvalue weighted by Crippen LogP contribution is 2.25. The van der Waals surface area contributed by atoms with Crippen molar-refractivity contribution in [2.45, 2.75) is 38.3 Å². The number of likely N-dealkylation sites (tertiary alicyclic amines) is 1. The summed E-state index contributed by atoms with van der Waals surface area (Å²) in [4.78, 5) is 22.2. The van der Waals surface area contributed by atoms with Crippen molar-refractivity contribution in [1.29, 1.82) is 0 Å². The van der Waals surface area contributed by atoms with Crippen LogP contribution < -0.4 is 5.32 Å². The standard InChI is InChI=1S/C23H28N4O2/c1-16(25-15-21(28)17-6-5-9-24-13-17)12-18-14-26-22-19(18)7-4-8-20(22)23(29)27-10-2-3-11-27/h4-9,13-14,16,21,25-26,28H,2-3,10-12,15H2,1H3/t16-,21+/m1/s1. The van der Waals surface area contributed by atoms with Crippen molar-refractivity contribution in [3.8, 4) is 0 Å². The van der Waals surface area contributed by atoms with E-state index in [0.717, 1.165) is 54.4 Å². The van der Waals surface area contributed by atoms with E-state index in [2.05, 4.69) is 28.3 Å². The molecule has 1 fully saturated rings. The number of nitrogens with one attached hydrogen (secondary N) is 2. The Labute approximate surface area is 171 Å². The lowest BCUT2D eigenvalue weighted by Gasteiger charge is -2.17. The number of nitrogens with zero attached hydrogens (tertiary/aromatic N) is 2. The number of carbonyl (C=O) groups is 1. The summed E-state index contributed by atoms with van der Waals surface area (Å²) in [7, 11) is 0. The number of H-pyrrole nitrogens is 1. The molecular weight excluding hydrogens is 364 g/mol. The van der Waals surface area contributed by atoms with Crippen LogP contribution in [-0.2, 0) is 6.42 Å². The maximum Gasteiger partial charge on any atom is 0.255 e. The van der Waals surface area contributed by atoms with Gasteiger partial charge in [-0.25, -0.2) is 0 Å². The number of fused-ring (bicyclic) bond motifs is 1.